The van der Waals surface area contributed by atoms with Crippen LogP contribution in [0.3, 0.4) is 0 Å². The van der Waals surface area contributed by atoms with E-state index in [0.717, 1.165) is 42.4 Å². The van der Waals surface area contributed by atoms with Crippen LogP contribution in [-0.2, 0) is 9.53 Å². The van der Waals surface area contributed by atoms with E-state index in [1.165, 1.54) is 70.6 Å². The van der Waals surface area contributed by atoms with Crippen LogP contribution < -0.4 is 10.6 Å². The molecule has 0 spiro atoms. The lowest BCUT2D eigenvalue weighted by atomic mass is 9.44. The number of rotatable bonds is 8. The van der Waals surface area contributed by atoms with Crippen LogP contribution in [0.5, 0.6) is 0 Å². The number of nitrogens with one attached hydrogen (secondary N) is 2. The molecule has 40 heavy (non-hydrogen) atoms. The highest BCUT2D eigenvalue weighted by molar-refractivity contribution is 5.82. The van der Waals surface area contributed by atoms with E-state index in [2.05, 4.69) is 38.3 Å². The van der Waals surface area contributed by atoms with Gasteiger partial charge in [0.05, 0.1) is 0 Å². The van der Waals surface area contributed by atoms with E-state index < -0.39 is 11.7 Å². The third-order valence-electron chi connectivity index (χ3n) is 11.6. The van der Waals surface area contributed by atoms with Crippen molar-refractivity contribution in [3.05, 3.63) is 0 Å². The maximum absolute atomic E-state index is 12.6. The molecule has 5 nitrogen and oxygen atoms in total. The maximum Gasteiger partial charge on any atom is 0.408 e. The molecule has 8 atom stereocenters. The average molecular weight is 561 g/mol. The molecule has 0 aromatic rings. The Morgan fingerprint density at radius 2 is 1.57 bits per heavy atom. The predicted octanol–water partition coefficient (Wildman–Crippen LogP) is 8.90. The van der Waals surface area contributed by atoms with Crippen molar-refractivity contribution in [1.29, 1.82) is 0 Å². The summed E-state index contributed by atoms with van der Waals surface area (Å²) >= 11 is 0. The first-order valence-corrected chi connectivity index (χ1v) is 17.1. The summed E-state index contributed by atoms with van der Waals surface area (Å²) in [5, 5.41) is 5.84. The minimum atomic E-state index is -0.559. The highest BCUT2D eigenvalue weighted by atomic mass is 16.6. The van der Waals surface area contributed by atoms with E-state index in [-0.39, 0.29) is 18.5 Å². The van der Waals surface area contributed by atoms with Crippen molar-refractivity contribution < 1.29 is 14.3 Å². The third-order valence-corrected chi connectivity index (χ3v) is 11.6. The Kier molecular flexibility index (Phi) is 11.5. The number of carbonyl (C=O) groups excluding carboxylic acids is 2. The lowest BCUT2D eigenvalue weighted by Crippen LogP contribution is -2.55. The molecule has 4 aliphatic carbocycles. The molecule has 4 fully saturated rings. The second kappa shape index (κ2) is 13.8. The summed E-state index contributed by atoms with van der Waals surface area (Å²) in [5.74, 6) is 5.11. The first-order valence-electron chi connectivity index (χ1n) is 17.1. The van der Waals surface area contributed by atoms with Crippen molar-refractivity contribution in [3.8, 4) is 0 Å². The van der Waals surface area contributed by atoms with Gasteiger partial charge in [0.2, 0.25) is 5.91 Å². The number of hydrogen-bond acceptors (Lipinski definition) is 3. The Bertz CT molecular complexity index is 835. The van der Waals surface area contributed by atoms with Gasteiger partial charge in [-0.25, -0.2) is 4.79 Å². The molecule has 0 radical (unpaired) electrons. The fourth-order valence-corrected chi connectivity index (χ4v) is 9.66. The molecule has 4 saturated carbocycles. The Balaban J connectivity index is 0.00000216. The summed E-state index contributed by atoms with van der Waals surface area (Å²) in [6.45, 7) is 19.5. The maximum atomic E-state index is 12.6. The summed E-state index contributed by atoms with van der Waals surface area (Å²) in [7, 11) is 0. The molecular formula is C35H64N2O3. The molecule has 4 rings (SSSR count). The third kappa shape index (κ3) is 7.77. The van der Waals surface area contributed by atoms with E-state index in [0.29, 0.717) is 16.7 Å². The number of fused-ring (bicyclic) bond motifs is 5. The zero-order chi connectivity index (χ0) is 29.7. The number of amides is 2. The van der Waals surface area contributed by atoms with Crippen LogP contribution in [0.2, 0.25) is 0 Å². The summed E-state index contributed by atoms with van der Waals surface area (Å²) in [6.07, 6.45) is 17.1. The van der Waals surface area contributed by atoms with Crippen LogP contribution >= 0.6 is 0 Å². The van der Waals surface area contributed by atoms with Gasteiger partial charge >= 0.3 is 6.09 Å². The van der Waals surface area contributed by atoms with Gasteiger partial charge in [-0.3, -0.25) is 4.79 Å². The van der Waals surface area contributed by atoms with Gasteiger partial charge < -0.3 is 15.4 Å². The average Bonchev–Trinajstić information content (AvgIpc) is 3.22. The number of carbonyl (C=O) groups is 2. The number of hydrogen-bond donors (Lipinski definition) is 2. The number of ether oxygens (including phenoxy) is 1. The zero-order valence-corrected chi connectivity index (χ0v) is 27.7. The molecule has 0 heterocycles. The summed E-state index contributed by atoms with van der Waals surface area (Å²) in [5.41, 5.74) is 0.445. The molecule has 0 aliphatic heterocycles. The van der Waals surface area contributed by atoms with Gasteiger partial charge in [0.1, 0.15) is 12.1 Å². The first kappa shape index (κ1) is 33.2. The normalized spacial score (nSPS) is 36.9. The van der Waals surface area contributed by atoms with Crippen molar-refractivity contribution in [2.24, 2.45) is 46.3 Å². The van der Waals surface area contributed by atoms with Gasteiger partial charge in [0, 0.05) is 6.04 Å². The van der Waals surface area contributed by atoms with Gasteiger partial charge in [0.25, 0.3) is 0 Å². The molecule has 2 amide bonds. The lowest BCUT2D eigenvalue weighted by molar-refractivity contribution is -0.126. The molecule has 0 bridgehead atoms. The molecule has 0 aromatic carbocycles. The highest BCUT2D eigenvalue weighted by Gasteiger charge is 2.59. The minimum absolute atomic E-state index is 0.0169. The van der Waals surface area contributed by atoms with Crippen molar-refractivity contribution >= 4 is 12.0 Å². The molecule has 4 aliphatic rings. The number of unbranched alkanes of at least 4 members (excludes halogenated alkanes) is 1. The van der Waals surface area contributed by atoms with Crippen molar-refractivity contribution in [3.63, 3.8) is 0 Å². The van der Waals surface area contributed by atoms with Gasteiger partial charge in [-0.2, -0.15) is 0 Å². The molecule has 0 aromatic heterocycles. The smallest absolute Gasteiger partial charge is 0.408 e. The monoisotopic (exact) mass is 560 g/mol. The summed E-state index contributed by atoms with van der Waals surface area (Å²) < 4.78 is 5.26. The van der Waals surface area contributed by atoms with E-state index in [9.17, 15) is 9.59 Å². The quantitative estimate of drug-likeness (QED) is 0.291. The van der Waals surface area contributed by atoms with E-state index >= 15 is 0 Å². The van der Waals surface area contributed by atoms with Crippen LogP contribution in [0.15, 0.2) is 0 Å². The van der Waals surface area contributed by atoms with E-state index in [4.69, 9.17) is 4.74 Å². The second-order valence-electron chi connectivity index (χ2n) is 15.5. The fraction of sp³-hybridized carbons (Fsp3) is 0.943. The van der Waals surface area contributed by atoms with Crippen molar-refractivity contribution in [2.75, 3.05) is 6.54 Å². The lowest BCUT2D eigenvalue weighted by Gasteiger charge is -2.61. The Labute approximate surface area is 247 Å². The minimum Gasteiger partial charge on any atom is -0.444 e. The van der Waals surface area contributed by atoms with Crippen LogP contribution in [0.25, 0.3) is 0 Å². The fourth-order valence-electron chi connectivity index (χ4n) is 9.66. The highest BCUT2D eigenvalue weighted by Crippen LogP contribution is 2.67. The Morgan fingerprint density at radius 1 is 0.900 bits per heavy atom. The molecule has 0 saturated heterocycles. The second-order valence-corrected chi connectivity index (χ2v) is 15.5. The topological polar surface area (TPSA) is 67.4 Å². The zero-order valence-electron chi connectivity index (χ0n) is 27.7. The van der Waals surface area contributed by atoms with E-state index in [1.54, 1.807) is 0 Å². The van der Waals surface area contributed by atoms with Crippen LogP contribution in [-0.4, -0.2) is 30.2 Å². The number of alkyl carbamates (subject to hydrolysis) is 1. The largest absolute Gasteiger partial charge is 0.444 e. The predicted molar refractivity (Wildman–Crippen MR) is 166 cm³/mol. The first-order chi connectivity index (χ1) is 18.8. The molecule has 232 valence electrons. The van der Waals surface area contributed by atoms with Crippen LogP contribution in [0, 0.1) is 46.3 Å². The summed E-state index contributed by atoms with van der Waals surface area (Å²) in [4.78, 5) is 24.5. The SMILES string of the molecule is CC.CC(C)CCCC[C@H]1CCC2C3CCC4C[C@@H](NC(=O)CNC(=O)OC(C)(C)C)CC[C@]4(C)C3CC[C@@]21C. The Hall–Kier alpha value is -1.26. The van der Waals surface area contributed by atoms with E-state index in [1.807, 2.05) is 34.6 Å². The molecule has 2 N–H and O–H groups in total. The van der Waals surface area contributed by atoms with Gasteiger partial charge in [-0.1, -0.05) is 60.8 Å². The molecular weight excluding hydrogens is 496 g/mol. The van der Waals surface area contributed by atoms with Gasteiger partial charge in [-0.05, 0) is 131 Å². The standard InChI is InChI=1S/C33H58N2O3.C2H6/c1-22(2)10-8-9-11-23-13-15-27-26-14-12-24-20-25(35-29(36)21-34-30(37)38-31(3,4)5)16-18-33(24,7)28(26)17-19-32(23,27)6;1-2/h22-28H,8-21H2,1-7H3,(H,34,37)(H,35,36);1-2H3/t23-,24?,25-,26?,27?,28?,32+,33-;/m0./s1. The van der Waals surface area contributed by atoms with Gasteiger partial charge in [-0.15, -0.1) is 0 Å². The molecule has 5 heteroatoms. The van der Waals surface area contributed by atoms with Crippen LogP contribution in [0.1, 0.15) is 146 Å². The summed E-state index contributed by atoms with van der Waals surface area (Å²) in [6, 6.07) is 0.230. The van der Waals surface area contributed by atoms with Crippen LogP contribution in [0.4, 0.5) is 4.79 Å². The van der Waals surface area contributed by atoms with Crippen molar-refractivity contribution in [1.82, 2.24) is 10.6 Å². The van der Waals surface area contributed by atoms with Crippen molar-refractivity contribution in [2.45, 2.75) is 157 Å². The Morgan fingerprint density at radius 3 is 2.25 bits per heavy atom. The molecule has 4 unspecified atom stereocenters. The van der Waals surface area contributed by atoms with Gasteiger partial charge in [0.15, 0.2) is 0 Å².